The summed E-state index contributed by atoms with van der Waals surface area (Å²) in [7, 11) is 0. The van der Waals surface area contributed by atoms with Crippen LogP contribution in [0.4, 0.5) is 5.82 Å². The number of aromatic nitrogens is 3. The number of rotatable bonds is 5. The van der Waals surface area contributed by atoms with Crippen molar-refractivity contribution < 1.29 is 0 Å². The van der Waals surface area contributed by atoms with E-state index in [4.69, 9.17) is 0 Å². The minimum atomic E-state index is 0.506. The summed E-state index contributed by atoms with van der Waals surface area (Å²) in [6.07, 6.45) is 3.97. The van der Waals surface area contributed by atoms with Crippen LogP contribution < -0.4 is 10.2 Å². The Bertz CT molecular complexity index is 542. The maximum Gasteiger partial charge on any atom is 0.131 e. The highest BCUT2D eigenvalue weighted by molar-refractivity contribution is 7.11. The fourth-order valence-electron chi connectivity index (χ4n) is 2.41. The number of pyridine rings is 1. The molecule has 2 aromatic heterocycles. The predicted octanol–water partition coefficient (Wildman–Crippen LogP) is 1.86. The molecular formula is C14H19N5S. The lowest BCUT2D eigenvalue weighted by Crippen LogP contribution is -2.32. The molecule has 1 atom stereocenters. The molecule has 1 aliphatic heterocycles. The molecule has 0 spiro atoms. The van der Waals surface area contributed by atoms with Gasteiger partial charge in [-0.1, -0.05) is 13.0 Å². The van der Waals surface area contributed by atoms with E-state index in [0.717, 1.165) is 48.3 Å². The lowest BCUT2D eigenvalue weighted by Gasteiger charge is -2.17. The molecule has 1 N–H and O–H groups in total. The van der Waals surface area contributed by atoms with Crippen molar-refractivity contribution in [2.75, 3.05) is 18.0 Å². The van der Waals surface area contributed by atoms with Gasteiger partial charge in [-0.05, 0) is 25.0 Å². The summed E-state index contributed by atoms with van der Waals surface area (Å²) in [6, 6.07) is 6.57. The van der Waals surface area contributed by atoms with E-state index >= 15 is 0 Å². The van der Waals surface area contributed by atoms with Crippen molar-refractivity contribution in [3.63, 3.8) is 0 Å². The number of nitrogens with one attached hydrogen (secondary N) is 1. The highest BCUT2D eigenvalue weighted by atomic mass is 32.1. The van der Waals surface area contributed by atoms with E-state index in [9.17, 15) is 0 Å². The first-order valence-electron chi connectivity index (χ1n) is 7.05. The third-order valence-electron chi connectivity index (χ3n) is 3.51. The van der Waals surface area contributed by atoms with Crippen LogP contribution in [-0.4, -0.2) is 34.3 Å². The summed E-state index contributed by atoms with van der Waals surface area (Å²) in [5.41, 5.74) is 0. The predicted molar refractivity (Wildman–Crippen MR) is 81.0 cm³/mol. The Kier molecular flexibility index (Phi) is 4.22. The smallest absolute Gasteiger partial charge is 0.131 e. The molecule has 3 rings (SSSR count). The molecule has 6 heteroatoms. The average Bonchev–Trinajstić information content (AvgIpc) is 3.15. The van der Waals surface area contributed by atoms with Gasteiger partial charge >= 0.3 is 0 Å². The van der Waals surface area contributed by atoms with Gasteiger partial charge in [0.2, 0.25) is 0 Å². The lowest BCUT2D eigenvalue weighted by molar-refractivity contribution is 0.548. The van der Waals surface area contributed by atoms with Gasteiger partial charge in [-0.2, -0.15) is 0 Å². The van der Waals surface area contributed by atoms with E-state index in [-0.39, 0.29) is 0 Å². The van der Waals surface area contributed by atoms with E-state index in [1.54, 1.807) is 11.3 Å². The fraction of sp³-hybridized carbons (Fsp3) is 0.500. The molecule has 0 saturated carbocycles. The molecule has 0 radical (unpaired) electrons. The lowest BCUT2D eigenvalue weighted by atomic mass is 10.3. The molecule has 0 bridgehead atoms. The van der Waals surface area contributed by atoms with E-state index in [1.165, 1.54) is 0 Å². The molecule has 20 heavy (non-hydrogen) atoms. The second-order valence-electron chi connectivity index (χ2n) is 4.94. The van der Waals surface area contributed by atoms with Crippen LogP contribution in [0.2, 0.25) is 0 Å². The van der Waals surface area contributed by atoms with E-state index in [0.29, 0.717) is 6.04 Å². The van der Waals surface area contributed by atoms with Gasteiger partial charge in [0, 0.05) is 25.3 Å². The van der Waals surface area contributed by atoms with Gasteiger partial charge in [0.25, 0.3) is 0 Å². The van der Waals surface area contributed by atoms with Crippen molar-refractivity contribution >= 4 is 17.2 Å². The number of hydrogen-bond donors (Lipinski definition) is 1. The van der Waals surface area contributed by atoms with Crippen LogP contribution in [0.15, 0.2) is 24.4 Å². The quantitative estimate of drug-likeness (QED) is 0.910. The second-order valence-corrected chi connectivity index (χ2v) is 6.09. The van der Waals surface area contributed by atoms with Crippen LogP contribution in [0.3, 0.4) is 0 Å². The monoisotopic (exact) mass is 289 g/mol. The van der Waals surface area contributed by atoms with Crippen LogP contribution in [-0.2, 0) is 13.0 Å². The van der Waals surface area contributed by atoms with Gasteiger partial charge in [-0.3, -0.25) is 0 Å². The Morgan fingerprint density at radius 2 is 2.25 bits per heavy atom. The highest BCUT2D eigenvalue weighted by Gasteiger charge is 2.23. The molecule has 0 aliphatic carbocycles. The second kappa shape index (κ2) is 6.28. The Balaban J connectivity index is 1.50. The number of nitrogens with zero attached hydrogens (tertiary/aromatic N) is 4. The van der Waals surface area contributed by atoms with E-state index in [2.05, 4.69) is 38.4 Å². The number of aryl methyl sites for hydroxylation is 1. The van der Waals surface area contributed by atoms with E-state index < -0.39 is 0 Å². The maximum absolute atomic E-state index is 4.41. The van der Waals surface area contributed by atoms with Crippen LogP contribution in [0.25, 0.3) is 0 Å². The van der Waals surface area contributed by atoms with Gasteiger partial charge < -0.3 is 10.2 Å². The summed E-state index contributed by atoms with van der Waals surface area (Å²) in [4.78, 5) is 6.73. The molecule has 106 valence electrons. The van der Waals surface area contributed by atoms with Gasteiger partial charge in [-0.25, -0.2) is 4.98 Å². The van der Waals surface area contributed by atoms with Gasteiger partial charge in [0.05, 0.1) is 6.54 Å². The van der Waals surface area contributed by atoms with Crippen molar-refractivity contribution in [2.24, 2.45) is 0 Å². The van der Waals surface area contributed by atoms with Gasteiger partial charge in [0.1, 0.15) is 15.8 Å². The van der Waals surface area contributed by atoms with Crippen molar-refractivity contribution in [1.29, 1.82) is 0 Å². The third kappa shape index (κ3) is 3.13. The molecular weight excluding hydrogens is 270 g/mol. The summed E-state index contributed by atoms with van der Waals surface area (Å²) >= 11 is 1.70. The zero-order valence-electron chi connectivity index (χ0n) is 11.6. The summed E-state index contributed by atoms with van der Waals surface area (Å²) in [5, 5.41) is 14.1. The normalized spacial score (nSPS) is 18.6. The molecule has 3 heterocycles. The first-order valence-corrected chi connectivity index (χ1v) is 7.87. The molecule has 0 aromatic carbocycles. The topological polar surface area (TPSA) is 53.9 Å². The zero-order chi connectivity index (χ0) is 13.8. The SMILES string of the molecule is CCc1nnc(CNC2CCN(c3ccccn3)C2)s1. The van der Waals surface area contributed by atoms with Crippen molar-refractivity contribution in [2.45, 2.75) is 32.4 Å². The standard InChI is InChI=1S/C14H19N5S/c1-2-13-17-18-14(20-13)9-16-11-6-8-19(10-11)12-5-3-4-7-15-12/h3-5,7,11,16H,2,6,8-10H2,1H3. The first kappa shape index (κ1) is 13.5. The molecule has 1 fully saturated rings. The van der Waals surface area contributed by atoms with Crippen LogP contribution in [0.5, 0.6) is 0 Å². The Morgan fingerprint density at radius 3 is 3.00 bits per heavy atom. The number of anilines is 1. The third-order valence-corrected chi connectivity index (χ3v) is 4.58. The molecule has 2 aromatic rings. The molecule has 1 unspecified atom stereocenters. The largest absolute Gasteiger partial charge is 0.355 e. The van der Waals surface area contributed by atoms with Crippen molar-refractivity contribution in [3.8, 4) is 0 Å². The van der Waals surface area contributed by atoms with Gasteiger partial charge in [0.15, 0.2) is 0 Å². The molecule has 0 amide bonds. The molecule has 5 nitrogen and oxygen atoms in total. The number of hydrogen-bond acceptors (Lipinski definition) is 6. The molecule has 1 aliphatic rings. The average molecular weight is 289 g/mol. The zero-order valence-corrected chi connectivity index (χ0v) is 12.4. The van der Waals surface area contributed by atoms with Crippen LogP contribution in [0.1, 0.15) is 23.4 Å². The van der Waals surface area contributed by atoms with Crippen molar-refractivity contribution in [3.05, 3.63) is 34.4 Å². The van der Waals surface area contributed by atoms with Crippen molar-refractivity contribution in [1.82, 2.24) is 20.5 Å². The summed E-state index contributed by atoms with van der Waals surface area (Å²) in [5.74, 6) is 1.07. The van der Waals surface area contributed by atoms with Crippen LogP contribution in [0, 0.1) is 0 Å². The minimum Gasteiger partial charge on any atom is -0.355 e. The first-order chi connectivity index (χ1) is 9.85. The Morgan fingerprint density at radius 1 is 1.35 bits per heavy atom. The Labute approximate surface area is 123 Å². The highest BCUT2D eigenvalue weighted by Crippen LogP contribution is 2.18. The molecule has 1 saturated heterocycles. The minimum absolute atomic E-state index is 0.506. The Hall–Kier alpha value is -1.53. The maximum atomic E-state index is 4.41. The van der Waals surface area contributed by atoms with E-state index in [1.807, 2.05) is 18.3 Å². The summed E-state index contributed by atoms with van der Waals surface area (Å²) < 4.78 is 0. The van der Waals surface area contributed by atoms with Gasteiger partial charge in [-0.15, -0.1) is 21.5 Å². The van der Waals surface area contributed by atoms with Crippen LogP contribution >= 0.6 is 11.3 Å². The fourth-order valence-corrected chi connectivity index (χ4v) is 3.15. The summed E-state index contributed by atoms with van der Waals surface area (Å²) in [6.45, 7) is 5.00.